The molecule has 1 aromatic carbocycles. The maximum Gasteiger partial charge on any atom is 0.243 e. The van der Waals surface area contributed by atoms with Crippen LogP contribution in [0.4, 0.5) is 5.69 Å². The first-order chi connectivity index (χ1) is 8.46. The highest BCUT2D eigenvalue weighted by Crippen LogP contribution is 2.30. The van der Waals surface area contributed by atoms with Crippen molar-refractivity contribution in [1.82, 2.24) is 4.31 Å². The van der Waals surface area contributed by atoms with E-state index in [0.717, 1.165) is 19.3 Å². The zero-order chi connectivity index (χ0) is 13.3. The Balaban J connectivity index is 2.38. The lowest BCUT2D eigenvalue weighted by molar-refractivity contribution is 0.379. The highest BCUT2D eigenvalue weighted by atomic mass is 35.5. The summed E-state index contributed by atoms with van der Waals surface area (Å²) in [5.41, 5.74) is 5.99. The van der Waals surface area contributed by atoms with E-state index in [0.29, 0.717) is 12.2 Å². The van der Waals surface area contributed by atoms with Crippen LogP contribution in [0.5, 0.6) is 0 Å². The van der Waals surface area contributed by atoms with Crippen LogP contribution in [-0.4, -0.2) is 25.3 Å². The molecule has 4 nitrogen and oxygen atoms in total. The van der Waals surface area contributed by atoms with E-state index in [9.17, 15) is 8.42 Å². The summed E-state index contributed by atoms with van der Waals surface area (Å²) >= 11 is 5.89. The van der Waals surface area contributed by atoms with Gasteiger partial charge in [0.25, 0.3) is 0 Å². The van der Waals surface area contributed by atoms with Gasteiger partial charge in [-0.25, -0.2) is 8.42 Å². The van der Waals surface area contributed by atoms with Crippen molar-refractivity contribution in [1.29, 1.82) is 0 Å². The third-order valence-electron chi connectivity index (χ3n) is 3.37. The lowest BCUT2D eigenvalue weighted by atomic mass is 10.2. The predicted molar refractivity (Wildman–Crippen MR) is 73.1 cm³/mol. The molecule has 2 N–H and O–H groups in total. The summed E-state index contributed by atoms with van der Waals surface area (Å²) in [6.45, 7) is 2.59. The molecule has 0 aliphatic carbocycles. The van der Waals surface area contributed by atoms with Crippen LogP contribution in [0.1, 0.15) is 26.2 Å². The second-order valence-corrected chi connectivity index (χ2v) is 6.80. The maximum absolute atomic E-state index is 12.5. The molecule has 1 heterocycles. The molecule has 1 atom stereocenters. The number of nitrogen functional groups attached to an aromatic ring is 1. The second-order valence-electron chi connectivity index (χ2n) is 4.50. The van der Waals surface area contributed by atoms with Crippen LogP contribution in [0.25, 0.3) is 0 Å². The van der Waals surface area contributed by atoms with Gasteiger partial charge in [0.05, 0.1) is 15.6 Å². The lowest BCUT2D eigenvalue weighted by Gasteiger charge is -2.23. The molecule has 1 saturated heterocycles. The van der Waals surface area contributed by atoms with Crippen LogP contribution < -0.4 is 5.73 Å². The molecule has 0 saturated carbocycles. The van der Waals surface area contributed by atoms with Crippen LogP contribution in [-0.2, 0) is 10.0 Å². The van der Waals surface area contributed by atoms with Gasteiger partial charge in [-0.2, -0.15) is 4.31 Å². The fourth-order valence-corrected chi connectivity index (χ4v) is 4.38. The molecule has 0 radical (unpaired) electrons. The van der Waals surface area contributed by atoms with Gasteiger partial charge in [-0.15, -0.1) is 0 Å². The van der Waals surface area contributed by atoms with Crippen molar-refractivity contribution in [3.05, 3.63) is 23.2 Å². The molecule has 2 rings (SSSR count). The smallest absolute Gasteiger partial charge is 0.243 e. The number of hydrogen-bond donors (Lipinski definition) is 1. The molecule has 1 aromatic rings. The summed E-state index contributed by atoms with van der Waals surface area (Å²) in [5, 5.41) is 0.281. The maximum atomic E-state index is 12.5. The summed E-state index contributed by atoms with van der Waals surface area (Å²) < 4.78 is 26.6. The van der Waals surface area contributed by atoms with Crippen molar-refractivity contribution < 1.29 is 8.42 Å². The minimum atomic E-state index is -3.45. The average Bonchev–Trinajstić information content (AvgIpc) is 2.81. The SMILES string of the molecule is CCC1CCCN1S(=O)(=O)c1ccc(N)c(Cl)c1. The molecule has 100 valence electrons. The number of hydrogen-bond acceptors (Lipinski definition) is 3. The zero-order valence-electron chi connectivity index (χ0n) is 10.3. The molecular weight excluding hydrogens is 272 g/mol. The molecule has 1 unspecified atom stereocenters. The summed E-state index contributed by atoms with van der Waals surface area (Å²) in [4.78, 5) is 0.224. The number of nitrogens with zero attached hydrogens (tertiary/aromatic N) is 1. The first-order valence-corrected chi connectivity index (χ1v) is 7.85. The first-order valence-electron chi connectivity index (χ1n) is 6.03. The largest absolute Gasteiger partial charge is 0.398 e. The second kappa shape index (κ2) is 5.07. The standard InChI is InChI=1S/C12H17ClN2O2S/c1-2-9-4-3-7-15(9)18(16,17)10-5-6-12(14)11(13)8-10/h5-6,8-9H,2-4,7,14H2,1H3. The number of sulfonamides is 1. The number of halogens is 1. The first kappa shape index (κ1) is 13.6. The predicted octanol–water partition coefficient (Wildman–Crippen LogP) is 2.49. The Kier molecular flexibility index (Phi) is 3.84. The molecule has 0 amide bonds. The van der Waals surface area contributed by atoms with E-state index in [1.807, 2.05) is 6.92 Å². The Bertz CT molecular complexity index is 545. The van der Waals surface area contributed by atoms with Crippen molar-refractivity contribution >= 4 is 27.3 Å². The summed E-state index contributed by atoms with van der Waals surface area (Å²) in [7, 11) is -3.45. The summed E-state index contributed by atoms with van der Waals surface area (Å²) in [5.74, 6) is 0. The quantitative estimate of drug-likeness (QED) is 0.869. The van der Waals surface area contributed by atoms with E-state index in [4.69, 9.17) is 17.3 Å². The summed E-state index contributed by atoms with van der Waals surface area (Å²) in [6, 6.07) is 4.58. The number of benzene rings is 1. The Labute approximate surface area is 113 Å². The van der Waals surface area contributed by atoms with E-state index in [1.165, 1.54) is 18.2 Å². The number of rotatable bonds is 3. The van der Waals surface area contributed by atoms with Gasteiger partial charge in [0.15, 0.2) is 0 Å². The molecule has 1 aliphatic heterocycles. The summed E-state index contributed by atoms with van der Waals surface area (Å²) in [6.07, 6.45) is 2.68. The molecule has 1 aliphatic rings. The molecule has 6 heteroatoms. The molecular formula is C12H17ClN2O2S. The Morgan fingerprint density at radius 2 is 2.22 bits per heavy atom. The van der Waals surface area contributed by atoms with Crippen molar-refractivity contribution in [3.63, 3.8) is 0 Å². The van der Waals surface area contributed by atoms with Gasteiger partial charge in [0, 0.05) is 12.6 Å². The third kappa shape index (κ3) is 2.35. The topological polar surface area (TPSA) is 63.4 Å². The normalized spacial score (nSPS) is 21.3. The van der Waals surface area contributed by atoms with E-state index in [1.54, 1.807) is 4.31 Å². The molecule has 0 aromatic heterocycles. The van der Waals surface area contributed by atoms with Gasteiger partial charge in [-0.1, -0.05) is 18.5 Å². The van der Waals surface area contributed by atoms with Crippen molar-refractivity contribution in [3.8, 4) is 0 Å². The third-order valence-corrected chi connectivity index (χ3v) is 5.65. The van der Waals surface area contributed by atoms with Gasteiger partial charge >= 0.3 is 0 Å². The van der Waals surface area contributed by atoms with Gasteiger partial charge in [0.1, 0.15) is 0 Å². The number of anilines is 1. The van der Waals surface area contributed by atoms with Crippen LogP contribution in [0, 0.1) is 0 Å². The average molecular weight is 289 g/mol. The van der Waals surface area contributed by atoms with Crippen LogP contribution in [0.15, 0.2) is 23.1 Å². The van der Waals surface area contributed by atoms with E-state index in [2.05, 4.69) is 0 Å². The fourth-order valence-electron chi connectivity index (χ4n) is 2.34. The minimum absolute atomic E-state index is 0.103. The van der Waals surface area contributed by atoms with Crippen LogP contribution in [0.3, 0.4) is 0 Å². The van der Waals surface area contributed by atoms with E-state index in [-0.39, 0.29) is 16.0 Å². The van der Waals surface area contributed by atoms with Gasteiger partial charge in [0.2, 0.25) is 10.0 Å². The van der Waals surface area contributed by atoms with Gasteiger partial charge in [-0.3, -0.25) is 0 Å². The highest BCUT2D eigenvalue weighted by molar-refractivity contribution is 7.89. The van der Waals surface area contributed by atoms with Crippen molar-refractivity contribution in [2.24, 2.45) is 0 Å². The molecule has 0 spiro atoms. The van der Waals surface area contributed by atoms with E-state index >= 15 is 0 Å². The lowest BCUT2D eigenvalue weighted by Crippen LogP contribution is -2.35. The Hall–Kier alpha value is -0.780. The fraction of sp³-hybridized carbons (Fsp3) is 0.500. The zero-order valence-corrected chi connectivity index (χ0v) is 11.8. The molecule has 1 fully saturated rings. The van der Waals surface area contributed by atoms with Crippen LogP contribution >= 0.6 is 11.6 Å². The van der Waals surface area contributed by atoms with Gasteiger partial charge < -0.3 is 5.73 Å². The van der Waals surface area contributed by atoms with Crippen LogP contribution in [0.2, 0.25) is 5.02 Å². The Morgan fingerprint density at radius 1 is 1.50 bits per heavy atom. The highest BCUT2D eigenvalue weighted by Gasteiger charge is 2.34. The monoisotopic (exact) mass is 288 g/mol. The minimum Gasteiger partial charge on any atom is -0.398 e. The van der Waals surface area contributed by atoms with Crippen molar-refractivity contribution in [2.45, 2.75) is 37.1 Å². The molecule has 0 bridgehead atoms. The van der Waals surface area contributed by atoms with E-state index < -0.39 is 10.0 Å². The van der Waals surface area contributed by atoms with Crippen molar-refractivity contribution in [2.75, 3.05) is 12.3 Å². The van der Waals surface area contributed by atoms with Gasteiger partial charge in [-0.05, 0) is 37.5 Å². The Morgan fingerprint density at radius 3 is 2.83 bits per heavy atom. The number of nitrogens with two attached hydrogens (primary N) is 1. The molecule has 18 heavy (non-hydrogen) atoms.